The number of nitrogens with zero attached hydrogens (tertiary/aromatic N) is 1. The van der Waals surface area contributed by atoms with Gasteiger partial charge in [-0.2, -0.15) is 0 Å². The van der Waals surface area contributed by atoms with Gasteiger partial charge in [-0.05, 0) is 52.2 Å². The summed E-state index contributed by atoms with van der Waals surface area (Å²) in [6.07, 6.45) is 4.01. The molecular formula is C13H25N3O3. The van der Waals surface area contributed by atoms with Crippen molar-refractivity contribution in [3.8, 4) is 0 Å². The number of carbonyl (C=O) groups excluding carboxylic acids is 1. The SMILES string of the molecule is CN(C)CCCCNC(=O)NC(CC(=O)O)C1CC1. The monoisotopic (exact) mass is 271 g/mol. The summed E-state index contributed by atoms with van der Waals surface area (Å²) in [5.74, 6) is -0.515. The molecule has 0 radical (unpaired) electrons. The first-order valence-electron chi connectivity index (χ1n) is 6.90. The Kier molecular flexibility index (Phi) is 6.62. The molecule has 0 aromatic rings. The van der Waals surface area contributed by atoms with Crippen LogP contribution in [0.25, 0.3) is 0 Å². The lowest BCUT2D eigenvalue weighted by Gasteiger charge is -2.17. The smallest absolute Gasteiger partial charge is 0.315 e. The fraction of sp³-hybridized carbons (Fsp3) is 0.846. The van der Waals surface area contributed by atoms with Crippen molar-refractivity contribution in [2.45, 2.75) is 38.1 Å². The molecule has 1 aliphatic carbocycles. The summed E-state index contributed by atoms with van der Waals surface area (Å²) >= 11 is 0. The fourth-order valence-corrected chi connectivity index (χ4v) is 2.00. The molecule has 3 N–H and O–H groups in total. The number of carboxylic acids is 1. The summed E-state index contributed by atoms with van der Waals surface area (Å²) in [5, 5.41) is 14.3. The van der Waals surface area contributed by atoms with Crippen LogP contribution in [0.4, 0.5) is 4.79 Å². The van der Waals surface area contributed by atoms with Crippen LogP contribution in [0.1, 0.15) is 32.1 Å². The van der Waals surface area contributed by atoms with E-state index in [9.17, 15) is 9.59 Å². The Bertz CT molecular complexity index is 304. The Morgan fingerprint density at radius 1 is 1.32 bits per heavy atom. The predicted octanol–water partition coefficient (Wildman–Crippen LogP) is 0.881. The Hall–Kier alpha value is -1.30. The minimum absolute atomic E-state index is 0.0126. The zero-order chi connectivity index (χ0) is 14.3. The quantitative estimate of drug-likeness (QED) is 0.544. The lowest BCUT2D eigenvalue weighted by atomic mass is 10.1. The van der Waals surface area contributed by atoms with Crippen LogP contribution in [0.15, 0.2) is 0 Å². The van der Waals surface area contributed by atoms with E-state index in [4.69, 9.17) is 5.11 Å². The maximum absolute atomic E-state index is 11.6. The Morgan fingerprint density at radius 2 is 2.00 bits per heavy atom. The highest BCUT2D eigenvalue weighted by Gasteiger charge is 2.33. The summed E-state index contributed by atoms with van der Waals surface area (Å²) in [7, 11) is 4.04. The molecule has 0 aromatic carbocycles. The molecule has 0 aliphatic heterocycles. The third kappa shape index (κ3) is 7.66. The van der Waals surface area contributed by atoms with Gasteiger partial charge < -0.3 is 20.6 Å². The van der Waals surface area contributed by atoms with Gasteiger partial charge in [0.25, 0.3) is 0 Å². The molecule has 1 rings (SSSR count). The number of urea groups is 1. The number of hydrogen-bond acceptors (Lipinski definition) is 3. The third-order valence-electron chi connectivity index (χ3n) is 3.22. The van der Waals surface area contributed by atoms with E-state index >= 15 is 0 Å². The summed E-state index contributed by atoms with van der Waals surface area (Å²) in [6, 6.07) is -0.470. The number of rotatable bonds is 9. The van der Waals surface area contributed by atoms with Gasteiger partial charge in [-0.1, -0.05) is 0 Å². The van der Waals surface area contributed by atoms with E-state index in [1.165, 1.54) is 0 Å². The van der Waals surface area contributed by atoms with Crippen molar-refractivity contribution in [1.29, 1.82) is 0 Å². The summed E-state index contributed by atoms with van der Waals surface area (Å²) in [6.45, 7) is 1.64. The molecule has 0 spiro atoms. The number of aliphatic carboxylic acids is 1. The van der Waals surface area contributed by atoms with E-state index < -0.39 is 5.97 Å². The molecule has 1 fully saturated rings. The highest BCUT2D eigenvalue weighted by atomic mass is 16.4. The molecule has 2 amide bonds. The van der Waals surface area contributed by atoms with Crippen molar-refractivity contribution in [3.63, 3.8) is 0 Å². The number of hydrogen-bond donors (Lipinski definition) is 3. The molecule has 1 unspecified atom stereocenters. The van der Waals surface area contributed by atoms with Crippen LogP contribution in [0.2, 0.25) is 0 Å². The molecule has 0 heterocycles. The number of carbonyl (C=O) groups is 2. The number of amides is 2. The maximum Gasteiger partial charge on any atom is 0.315 e. The van der Waals surface area contributed by atoms with E-state index in [1.54, 1.807) is 0 Å². The zero-order valence-corrected chi connectivity index (χ0v) is 11.8. The average molecular weight is 271 g/mol. The molecule has 6 heteroatoms. The van der Waals surface area contributed by atoms with E-state index in [2.05, 4.69) is 15.5 Å². The van der Waals surface area contributed by atoms with Crippen LogP contribution < -0.4 is 10.6 Å². The van der Waals surface area contributed by atoms with Crippen molar-refractivity contribution < 1.29 is 14.7 Å². The highest BCUT2D eigenvalue weighted by Crippen LogP contribution is 2.33. The highest BCUT2D eigenvalue weighted by molar-refractivity contribution is 5.75. The normalized spacial score (nSPS) is 16.2. The predicted molar refractivity (Wildman–Crippen MR) is 73.1 cm³/mol. The van der Waals surface area contributed by atoms with Crippen molar-refractivity contribution in [2.75, 3.05) is 27.2 Å². The van der Waals surface area contributed by atoms with Crippen molar-refractivity contribution in [2.24, 2.45) is 5.92 Å². The maximum atomic E-state index is 11.6. The molecule has 0 aromatic heterocycles. The lowest BCUT2D eigenvalue weighted by molar-refractivity contribution is -0.137. The van der Waals surface area contributed by atoms with Crippen LogP contribution in [0.3, 0.4) is 0 Å². The number of nitrogens with one attached hydrogen (secondary N) is 2. The van der Waals surface area contributed by atoms with E-state index in [1.807, 2.05) is 14.1 Å². The van der Waals surface area contributed by atoms with E-state index in [-0.39, 0.29) is 18.5 Å². The lowest BCUT2D eigenvalue weighted by Crippen LogP contribution is -2.44. The summed E-state index contributed by atoms with van der Waals surface area (Å²) < 4.78 is 0. The third-order valence-corrected chi connectivity index (χ3v) is 3.22. The minimum atomic E-state index is -0.858. The van der Waals surface area contributed by atoms with Gasteiger partial charge >= 0.3 is 12.0 Å². The van der Waals surface area contributed by atoms with E-state index in [0.29, 0.717) is 12.5 Å². The second-order valence-corrected chi connectivity index (χ2v) is 5.45. The molecule has 110 valence electrons. The van der Waals surface area contributed by atoms with Crippen LogP contribution in [0, 0.1) is 5.92 Å². The van der Waals surface area contributed by atoms with Crippen LogP contribution >= 0.6 is 0 Å². The van der Waals surface area contributed by atoms with Gasteiger partial charge in [0.2, 0.25) is 0 Å². The molecule has 0 bridgehead atoms. The molecule has 6 nitrogen and oxygen atoms in total. The van der Waals surface area contributed by atoms with Crippen molar-refractivity contribution in [1.82, 2.24) is 15.5 Å². The van der Waals surface area contributed by atoms with Crippen LogP contribution in [-0.2, 0) is 4.79 Å². The van der Waals surface area contributed by atoms with Gasteiger partial charge in [0.05, 0.1) is 6.42 Å². The van der Waals surface area contributed by atoms with E-state index in [0.717, 1.165) is 32.2 Å². The first-order valence-corrected chi connectivity index (χ1v) is 6.90. The fourth-order valence-electron chi connectivity index (χ4n) is 2.00. The molecular weight excluding hydrogens is 246 g/mol. The van der Waals surface area contributed by atoms with Crippen LogP contribution in [-0.4, -0.2) is 55.2 Å². The molecule has 0 saturated heterocycles. The summed E-state index contributed by atoms with van der Waals surface area (Å²) in [4.78, 5) is 24.5. The molecule has 19 heavy (non-hydrogen) atoms. The number of carboxylic acid groups (broad SMARTS) is 1. The van der Waals surface area contributed by atoms with Gasteiger partial charge in [0.1, 0.15) is 0 Å². The number of unbranched alkanes of at least 4 members (excludes halogenated alkanes) is 1. The molecule has 1 aliphatic rings. The molecule has 1 atom stereocenters. The van der Waals surface area contributed by atoms with Gasteiger partial charge in [-0.15, -0.1) is 0 Å². The van der Waals surface area contributed by atoms with Gasteiger partial charge in [0, 0.05) is 12.6 Å². The minimum Gasteiger partial charge on any atom is -0.481 e. The topological polar surface area (TPSA) is 81.7 Å². The molecule has 1 saturated carbocycles. The van der Waals surface area contributed by atoms with Gasteiger partial charge in [0.15, 0.2) is 0 Å². The van der Waals surface area contributed by atoms with Gasteiger partial charge in [-0.3, -0.25) is 4.79 Å². The Labute approximate surface area is 114 Å². The standard InChI is InChI=1S/C13H25N3O3/c1-16(2)8-4-3-7-14-13(19)15-11(9-12(17)18)10-5-6-10/h10-11H,3-9H2,1-2H3,(H,17,18)(H2,14,15,19). The van der Waals surface area contributed by atoms with Crippen molar-refractivity contribution in [3.05, 3.63) is 0 Å². The first kappa shape index (κ1) is 15.8. The second kappa shape index (κ2) is 7.99. The van der Waals surface area contributed by atoms with Gasteiger partial charge in [-0.25, -0.2) is 4.79 Å². The average Bonchev–Trinajstić information content (AvgIpc) is 3.10. The second-order valence-electron chi connectivity index (χ2n) is 5.45. The Balaban J connectivity index is 2.12. The zero-order valence-electron chi connectivity index (χ0n) is 11.8. The van der Waals surface area contributed by atoms with Crippen LogP contribution in [0.5, 0.6) is 0 Å². The van der Waals surface area contributed by atoms with Crippen molar-refractivity contribution >= 4 is 12.0 Å². The Morgan fingerprint density at radius 3 is 2.53 bits per heavy atom. The summed E-state index contributed by atoms with van der Waals surface area (Å²) in [5.41, 5.74) is 0. The largest absolute Gasteiger partial charge is 0.481 e. The first-order chi connectivity index (χ1) is 8.99.